The van der Waals surface area contributed by atoms with E-state index >= 15 is 0 Å². The molecule has 0 fully saturated rings. The zero-order valence-corrected chi connectivity index (χ0v) is 19.4. The monoisotopic (exact) mass is 487 g/mol. The number of amides is 3. The molecule has 5 N–H and O–H groups in total. The van der Waals surface area contributed by atoms with Gasteiger partial charge in [0.2, 0.25) is 5.91 Å². The van der Waals surface area contributed by atoms with Gasteiger partial charge >= 0.3 is 0 Å². The highest BCUT2D eigenvalue weighted by Gasteiger charge is 2.32. The lowest BCUT2D eigenvalue weighted by Crippen LogP contribution is -2.48. The first kappa shape index (κ1) is 24.0. The molecule has 1 aromatic heterocycles. The van der Waals surface area contributed by atoms with E-state index in [2.05, 4.69) is 9.69 Å². The number of aromatic nitrogens is 1. The third-order valence-corrected chi connectivity index (χ3v) is 5.97. The van der Waals surface area contributed by atoms with Crippen LogP contribution in [0.5, 0.6) is 5.75 Å². The Labute approximate surface area is 199 Å². The van der Waals surface area contributed by atoms with E-state index < -0.39 is 23.8 Å². The molecule has 0 spiro atoms. The number of ether oxygens (including phenoxy) is 1. The number of methoxy groups -OCH3 is 1. The number of nitrogens with two attached hydrogens (primary N) is 2. The maximum absolute atomic E-state index is 13.4. The Hall–Kier alpha value is -3.63. The molecule has 3 aromatic rings. The fourth-order valence-electron chi connectivity index (χ4n) is 3.05. The highest BCUT2D eigenvalue weighted by Crippen LogP contribution is 2.28. The van der Waals surface area contributed by atoms with E-state index in [-0.39, 0.29) is 22.8 Å². The zero-order chi connectivity index (χ0) is 24.1. The van der Waals surface area contributed by atoms with Crippen molar-refractivity contribution in [2.75, 3.05) is 17.7 Å². The van der Waals surface area contributed by atoms with Crippen LogP contribution in [0.4, 0.5) is 11.4 Å². The first-order chi connectivity index (χ1) is 15.7. The number of anilines is 2. The summed E-state index contributed by atoms with van der Waals surface area (Å²) in [4.78, 5) is 39.2. The van der Waals surface area contributed by atoms with Gasteiger partial charge < -0.3 is 21.5 Å². The second kappa shape index (κ2) is 10.3. The molecule has 3 amide bonds. The number of primary amides is 1. The van der Waals surface area contributed by atoms with E-state index in [0.29, 0.717) is 16.5 Å². The van der Waals surface area contributed by atoms with Crippen LogP contribution in [0.2, 0.25) is 5.02 Å². The number of hydrogen-bond donors (Lipinski definition) is 3. The highest BCUT2D eigenvalue weighted by atomic mass is 35.5. The summed E-state index contributed by atoms with van der Waals surface area (Å²) >= 11 is 6.73. The summed E-state index contributed by atoms with van der Waals surface area (Å²) in [6.07, 6.45) is 0. The SMILES string of the molecule is COc1ccc(CNC(=O)[C@H](C)N(C(=O)c2snc(C(N)=O)c2N)c2ccc(Cl)cc2)cc1. The lowest BCUT2D eigenvalue weighted by molar-refractivity contribution is -0.122. The van der Waals surface area contributed by atoms with Crippen LogP contribution in [0.1, 0.15) is 32.6 Å². The molecule has 0 unspecified atom stereocenters. The first-order valence-corrected chi connectivity index (χ1v) is 10.9. The van der Waals surface area contributed by atoms with Gasteiger partial charge in [-0.1, -0.05) is 23.7 Å². The molecule has 0 aliphatic carbocycles. The van der Waals surface area contributed by atoms with Crippen LogP contribution in [0.3, 0.4) is 0 Å². The minimum absolute atomic E-state index is 0.00792. The number of carbonyl (C=O) groups excluding carboxylic acids is 3. The summed E-state index contributed by atoms with van der Waals surface area (Å²) in [5, 5.41) is 3.29. The van der Waals surface area contributed by atoms with E-state index in [0.717, 1.165) is 17.1 Å². The fourth-order valence-corrected chi connectivity index (χ4v) is 3.92. The van der Waals surface area contributed by atoms with Gasteiger partial charge in [-0.05, 0) is 60.4 Å². The van der Waals surface area contributed by atoms with Gasteiger partial charge in [-0.2, -0.15) is 4.37 Å². The van der Waals surface area contributed by atoms with E-state index in [1.54, 1.807) is 50.4 Å². The van der Waals surface area contributed by atoms with Crippen LogP contribution >= 0.6 is 23.1 Å². The van der Waals surface area contributed by atoms with Crippen LogP contribution in [0, 0.1) is 0 Å². The van der Waals surface area contributed by atoms with Crippen LogP contribution in [0.15, 0.2) is 48.5 Å². The van der Waals surface area contributed by atoms with Gasteiger partial charge in [-0.3, -0.25) is 19.3 Å². The van der Waals surface area contributed by atoms with Gasteiger partial charge in [-0.25, -0.2) is 0 Å². The summed E-state index contributed by atoms with van der Waals surface area (Å²) in [7, 11) is 1.57. The first-order valence-electron chi connectivity index (χ1n) is 9.77. The molecule has 0 radical (unpaired) electrons. The van der Waals surface area contributed by atoms with Gasteiger partial charge in [0.25, 0.3) is 11.8 Å². The molecule has 9 nitrogen and oxygen atoms in total. The van der Waals surface area contributed by atoms with Crippen molar-refractivity contribution in [1.82, 2.24) is 9.69 Å². The summed E-state index contributed by atoms with van der Waals surface area (Å²) in [5.74, 6) is -1.12. The van der Waals surface area contributed by atoms with Gasteiger partial charge in [-0.15, -0.1) is 0 Å². The number of nitrogen functional groups attached to an aromatic ring is 1. The molecule has 11 heteroatoms. The average molecular weight is 488 g/mol. The molecule has 1 heterocycles. The lowest BCUT2D eigenvalue weighted by atomic mass is 10.1. The van der Waals surface area contributed by atoms with E-state index in [1.807, 2.05) is 12.1 Å². The maximum atomic E-state index is 13.4. The molecule has 2 aromatic carbocycles. The third-order valence-electron chi connectivity index (χ3n) is 4.87. The standard InChI is InChI=1S/C22H22ClN5O4S/c1-12(21(30)26-11-13-3-9-16(32-2)10-4-13)28(15-7-5-14(23)6-8-15)22(31)19-17(24)18(20(25)29)27-33-19/h3-10,12H,11,24H2,1-2H3,(H2,25,29)(H,26,30)/t12-/m0/s1. The summed E-state index contributed by atoms with van der Waals surface area (Å²) in [6, 6.07) is 12.7. The van der Waals surface area contributed by atoms with Crippen molar-refractivity contribution in [2.45, 2.75) is 19.5 Å². The lowest BCUT2D eigenvalue weighted by Gasteiger charge is -2.28. The molecule has 0 bridgehead atoms. The molecule has 33 heavy (non-hydrogen) atoms. The minimum Gasteiger partial charge on any atom is -0.497 e. The number of halogens is 1. The number of nitrogens with zero attached hydrogens (tertiary/aromatic N) is 2. The number of rotatable bonds is 8. The number of nitrogens with one attached hydrogen (secondary N) is 1. The number of benzene rings is 2. The van der Waals surface area contributed by atoms with Crippen LogP contribution in [-0.2, 0) is 11.3 Å². The summed E-state index contributed by atoms with van der Waals surface area (Å²) < 4.78 is 9.02. The quantitative estimate of drug-likeness (QED) is 0.446. The molecule has 1 atom stereocenters. The van der Waals surface area contributed by atoms with Crippen molar-refractivity contribution in [3.05, 3.63) is 69.7 Å². The van der Waals surface area contributed by atoms with Crippen LogP contribution in [-0.4, -0.2) is 35.2 Å². The normalized spacial score (nSPS) is 11.5. The summed E-state index contributed by atoms with van der Waals surface area (Å²) in [6.45, 7) is 1.84. The predicted octanol–water partition coefficient (Wildman–Crippen LogP) is 2.84. The molecule has 0 aliphatic rings. The molecule has 172 valence electrons. The number of carbonyl (C=O) groups is 3. The largest absolute Gasteiger partial charge is 0.497 e. The zero-order valence-electron chi connectivity index (χ0n) is 17.9. The molecule has 0 saturated carbocycles. The van der Waals surface area contributed by atoms with Gasteiger partial charge in [0, 0.05) is 17.3 Å². The summed E-state index contributed by atoms with van der Waals surface area (Å²) in [5.41, 5.74) is 12.2. The molecular weight excluding hydrogens is 466 g/mol. The van der Waals surface area contributed by atoms with Gasteiger partial charge in [0.05, 0.1) is 12.8 Å². The van der Waals surface area contributed by atoms with Gasteiger partial charge in [0.15, 0.2) is 5.69 Å². The second-order valence-electron chi connectivity index (χ2n) is 7.03. The van der Waals surface area contributed by atoms with Crippen molar-refractivity contribution in [3.63, 3.8) is 0 Å². The Morgan fingerprint density at radius 3 is 2.33 bits per heavy atom. The number of hydrogen-bond acceptors (Lipinski definition) is 7. The molecule has 0 aliphatic heterocycles. The Morgan fingerprint density at radius 2 is 1.79 bits per heavy atom. The van der Waals surface area contributed by atoms with E-state index in [1.165, 1.54) is 4.90 Å². The van der Waals surface area contributed by atoms with Crippen molar-refractivity contribution in [2.24, 2.45) is 5.73 Å². The van der Waals surface area contributed by atoms with Crippen molar-refractivity contribution >= 4 is 52.2 Å². The fraction of sp³-hybridized carbons (Fsp3) is 0.182. The average Bonchev–Trinajstić information content (AvgIpc) is 3.20. The van der Waals surface area contributed by atoms with Crippen molar-refractivity contribution in [1.29, 1.82) is 0 Å². The Morgan fingerprint density at radius 1 is 1.15 bits per heavy atom. The van der Waals surface area contributed by atoms with Crippen molar-refractivity contribution < 1.29 is 19.1 Å². The van der Waals surface area contributed by atoms with E-state index in [9.17, 15) is 14.4 Å². The highest BCUT2D eigenvalue weighted by molar-refractivity contribution is 7.09. The topological polar surface area (TPSA) is 141 Å². The van der Waals surface area contributed by atoms with Crippen LogP contribution in [0.25, 0.3) is 0 Å². The Balaban J connectivity index is 1.86. The van der Waals surface area contributed by atoms with Crippen LogP contribution < -0.4 is 26.4 Å². The van der Waals surface area contributed by atoms with Gasteiger partial charge in [0.1, 0.15) is 16.7 Å². The minimum atomic E-state index is -0.921. The molecular formula is C22H22ClN5O4S. The van der Waals surface area contributed by atoms with Crippen molar-refractivity contribution in [3.8, 4) is 5.75 Å². The maximum Gasteiger partial charge on any atom is 0.272 e. The van der Waals surface area contributed by atoms with E-state index in [4.69, 9.17) is 27.8 Å². The third kappa shape index (κ3) is 5.41. The smallest absolute Gasteiger partial charge is 0.272 e. The Kier molecular flexibility index (Phi) is 7.52. The second-order valence-corrected chi connectivity index (χ2v) is 8.24. The molecule has 0 saturated heterocycles. The predicted molar refractivity (Wildman–Crippen MR) is 128 cm³/mol. The molecule has 3 rings (SSSR count). The Bertz CT molecular complexity index is 1160.